The second kappa shape index (κ2) is 7.32. The predicted octanol–water partition coefficient (Wildman–Crippen LogP) is 2.39. The second-order valence-electron chi connectivity index (χ2n) is 6.79. The molecule has 2 aliphatic rings. The van der Waals surface area contributed by atoms with Gasteiger partial charge in [0.05, 0.1) is 23.8 Å². The normalized spacial score (nSPS) is 18.7. The van der Waals surface area contributed by atoms with Gasteiger partial charge in [-0.1, -0.05) is 24.3 Å². The molecule has 0 aromatic heterocycles. The fourth-order valence-electron chi connectivity index (χ4n) is 3.49. The molecule has 2 aliphatic heterocycles. The van der Waals surface area contributed by atoms with Crippen molar-refractivity contribution < 1.29 is 19.1 Å². The average Bonchev–Trinajstić information content (AvgIpc) is 3.30. The first kappa shape index (κ1) is 17.4. The van der Waals surface area contributed by atoms with Crippen LogP contribution in [0.4, 0.5) is 0 Å². The monoisotopic (exact) mass is 364 g/mol. The summed E-state index contributed by atoms with van der Waals surface area (Å²) in [6.07, 6.45) is 2.06. The van der Waals surface area contributed by atoms with Gasteiger partial charge in [0.1, 0.15) is 0 Å². The van der Waals surface area contributed by atoms with E-state index in [0.717, 1.165) is 25.0 Å². The summed E-state index contributed by atoms with van der Waals surface area (Å²) < 4.78 is 5.51. The van der Waals surface area contributed by atoms with Gasteiger partial charge in [0, 0.05) is 18.7 Å². The van der Waals surface area contributed by atoms with Crippen molar-refractivity contribution in [3.8, 4) is 0 Å². The molecule has 0 radical (unpaired) electrons. The number of imide groups is 1. The SMILES string of the molecule is O=C(NC[C@H]1CCCO1)c1cccc(CN2C(=O)c3ccccc3C2=O)c1. The van der Waals surface area contributed by atoms with E-state index in [1.807, 2.05) is 0 Å². The van der Waals surface area contributed by atoms with E-state index in [4.69, 9.17) is 4.74 Å². The second-order valence-corrected chi connectivity index (χ2v) is 6.79. The molecule has 1 atom stereocenters. The summed E-state index contributed by atoms with van der Waals surface area (Å²) in [5, 5.41) is 2.88. The fraction of sp³-hybridized carbons (Fsp3) is 0.286. The largest absolute Gasteiger partial charge is 0.376 e. The highest BCUT2D eigenvalue weighted by molar-refractivity contribution is 6.21. The van der Waals surface area contributed by atoms with Crippen molar-refractivity contribution in [3.05, 3.63) is 70.8 Å². The van der Waals surface area contributed by atoms with Gasteiger partial charge >= 0.3 is 0 Å². The van der Waals surface area contributed by atoms with E-state index in [1.54, 1.807) is 48.5 Å². The van der Waals surface area contributed by atoms with Crippen molar-refractivity contribution in [3.63, 3.8) is 0 Å². The van der Waals surface area contributed by atoms with Crippen molar-refractivity contribution >= 4 is 17.7 Å². The van der Waals surface area contributed by atoms with Gasteiger partial charge in [-0.15, -0.1) is 0 Å². The number of hydrogen-bond donors (Lipinski definition) is 1. The number of fused-ring (bicyclic) bond motifs is 1. The maximum atomic E-state index is 12.5. The summed E-state index contributed by atoms with van der Waals surface area (Å²) in [6.45, 7) is 1.37. The van der Waals surface area contributed by atoms with Crippen LogP contribution in [0.5, 0.6) is 0 Å². The molecule has 4 rings (SSSR count). The quantitative estimate of drug-likeness (QED) is 0.827. The van der Waals surface area contributed by atoms with Crippen LogP contribution in [0, 0.1) is 0 Å². The lowest BCUT2D eigenvalue weighted by Gasteiger charge is -2.15. The molecule has 0 bridgehead atoms. The molecule has 2 aromatic carbocycles. The zero-order valence-electron chi connectivity index (χ0n) is 14.8. The summed E-state index contributed by atoms with van der Waals surface area (Å²) in [4.78, 5) is 38.6. The molecule has 6 nitrogen and oxygen atoms in total. The van der Waals surface area contributed by atoms with E-state index < -0.39 is 0 Å². The van der Waals surface area contributed by atoms with Crippen LogP contribution in [-0.2, 0) is 11.3 Å². The highest BCUT2D eigenvalue weighted by Gasteiger charge is 2.35. The zero-order valence-corrected chi connectivity index (χ0v) is 14.8. The minimum Gasteiger partial charge on any atom is -0.376 e. The number of nitrogens with zero attached hydrogens (tertiary/aromatic N) is 1. The third kappa shape index (κ3) is 3.48. The Morgan fingerprint density at radius 2 is 1.81 bits per heavy atom. The first-order valence-corrected chi connectivity index (χ1v) is 9.07. The Morgan fingerprint density at radius 1 is 1.07 bits per heavy atom. The molecule has 0 saturated carbocycles. The van der Waals surface area contributed by atoms with Gasteiger partial charge in [-0.25, -0.2) is 0 Å². The van der Waals surface area contributed by atoms with Crippen molar-refractivity contribution in [2.24, 2.45) is 0 Å². The Morgan fingerprint density at radius 3 is 2.48 bits per heavy atom. The number of carbonyl (C=O) groups is 3. The number of rotatable bonds is 5. The molecule has 27 heavy (non-hydrogen) atoms. The number of ether oxygens (including phenoxy) is 1. The third-order valence-electron chi connectivity index (χ3n) is 4.92. The number of hydrogen-bond acceptors (Lipinski definition) is 4. The summed E-state index contributed by atoms with van der Waals surface area (Å²) >= 11 is 0. The Hall–Kier alpha value is -2.99. The molecule has 2 heterocycles. The van der Waals surface area contributed by atoms with Gasteiger partial charge in [-0.3, -0.25) is 19.3 Å². The van der Waals surface area contributed by atoms with Gasteiger partial charge < -0.3 is 10.1 Å². The Kier molecular flexibility index (Phi) is 4.73. The molecule has 138 valence electrons. The third-order valence-corrected chi connectivity index (χ3v) is 4.92. The summed E-state index contributed by atoms with van der Waals surface area (Å²) in [6, 6.07) is 13.8. The molecule has 2 aromatic rings. The smallest absolute Gasteiger partial charge is 0.261 e. The fourth-order valence-corrected chi connectivity index (χ4v) is 3.49. The molecule has 1 fully saturated rings. The highest BCUT2D eigenvalue weighted by atomic mass is 16.5. The molecule has 1 N–H and O–H groups in total. The average molecular weight is 364 g/mol. The number of amides is 3. The number of benzene rings is 2. The van der Waals surface area contributed by atoms with Crippen molar-refractivity contribution in [1.82, 2.24) is 10.2 Å². The molecule has 0 unspecified atom stereocenters. The van der Waals surface area contributed by atoms with E-state index in [-0.39, 0.29) is 30.4 Å². The van der Waals surface area contributed by atoms with Crippen molar-refractivity contribution in [1.29, 1.82) is 0 Å². The van der Waals surface area contributed by atoms with E-state index in [2.05, 4.69) is 5.32 Å². The van der Waals surface area contributed by atoms with Crippen LogP contribution < -0.4 is 5.32 Å². The Labute approximate surface area is 157 Å². The van der Waals surface area contributed by atoms with E-state index >= 15 is 0 Å². The molecule has 0 spiro atoms. The van der Waals surface area contributed by atoms with Gasteiger partial charge in [-0.05, 0) is 42.7 Å². The summed E-state index contributed by atoms with van der Waals surface area (Å²) in [5.41, 5.74) is 2.08. The lowest BCUT2D eigenvalue weighted by atomic mass is 10.1. The lowest BCUT2D eigenvalue weighted by Crippen LogP contribution is -2.32. The lowest BCUT2D eigenvalue weighted by molar-refractivity contribution is 0.0642. The van der Waals surface area contributed by atoms with Gasteiger partial charge in [0.15, 0.2) is 0 Å². The maximum Gasteiger partial charge on any atom is 0.261 e. The van der Waals surface area contributed by atoms with Gasteiger partial charge in [-0.2, -0.15) is 0 Å². The van der Waals surface area contributed by atoms with E-state index in [1.165, 1.54) is 4.90 Å². The predicted molar refractivity (Wildman–Crippen MR) is 98.4 cm³/mol. The van der Waals surface area contributed by atoms with Crippen LogP contribution in [0.2, 0.25) is 0 Å². The van der Waals surface area contributed by atoms with E-state index in [9.17, 15) is 14.4 Å². The summed E-state index contributed by atoms with van der Waals surface area (Å²) in [7, 11) is 0. The minimum atomic E-state index is -0.302. The van der Waals surface area contributed by atoms with Gasteiger partial charge in [0.25, 0.3) is 17.7 Å². The molecule has 0 aliphatic carbocycles. The summed E-state index contributed by atoms with van der Waals surface area (Å²) in [5.74, 6) is -0.789. The highest BCUT2D eigenvalue weighted by Crippen LogP contribution is 2.24. The topological polar surface area (TPSA) is 75.7 Å². The van der Waals surface area contributed by atoms with Crippen LogP contribution in [0.15, 0.2) is 48.5 Å². The molecule has 3 amide bonds. The van der Waals surface area contributed by atoms with Gasteiger partial charge in [0.2, 0.25) is 0 Å². The number of nitrogens with one attached hydrogen (secondary N) is 1. The first-order chi connectivity index (χ1) is 13.1. The molecule has 6 heteroatoms. The molecule has 1 saturated heterocycles. The van der Waals surface area contributed by atoms with E-state index in [0.29, 0.717) is 23.2 Å². The van der Waals surface area contributed by atoms with Crippen LogP contribution in [0.3, 0.4) is 0 Å². The Bertz CT molecular complexity index is 868. The van der Waals surface area contributed by atoms with Crippen LogP contribution in [-0.4, -0.2) is 41.9 Å². The zero-order chi connectivity index (χ0) is 18.8. The number of carbonyl (C=O) groups excluding carboxylic acids is 3. The van der Waals surface area contributed by atoms with Crippen molar-refractivity contribution in [2.75, 3.05) is 13.2 Å². The first-order valence-electron chi connectivity index (χ1n) is 9.07. The van der Waals surface area contributed by atoms with Crippen LogP contribution >= 0.6 is 0 Å². The standard InChI is InChI=1S/C21H20N2O4/c24-19(22-12-16-7-4-10-27-16)15-6-3-5-14(11-15)13-23-20(25)17-8-1-2-9-18(17)21(23)26/h1-3,5-6,8-9,11,16H,4,7,10,12-13H2,(H,22,24)/t16-/m1/s1. The minimum absolute atomic E-state index is 0.0791. The molecular formula is C21H20N2O4. The van der Waals surface area contributed by atoms with Crippen molar-refractivity contribution in [2.45, 2.75) is 25.5 Å². The Balaban J connectivity index is 1.44. The van der Waals surface area contributed by atoms with Crippen LogP contribution in [0.1, 0.15) is 49.5 Å². The maximum absolute atomic E-state index is 12.5. The van der Waals surface area contributed by atoms with Crippen LogP contribution in [0.25, 0.3) is 0 Å². The molecular weight excluding hydrogens is 344 g/mol.